The van der Waals surface area contributed by atoms with Gasteiger partial charge in [-0.1, -0.05) is 0 Å². The minimum atomic E-state index is -3.23. The molecule has 0 amide bonds. The number of benzene rings is 2. The quantitative estimate of drug-likeness (QED) is 0.366. The van der Waals surface area contributed by atoms with Gasteiger partial charge in [0.1, 0.15) is 0 Å². The van der Waals surface area contributed by atoms with E-state index in [4.69, 9.17) is 3.20 Å². The van der Waals surface area contributed by atoms with Crippen LogP contribution in [-0.2, 0) is 7.67 Å². The number of hydrogen-bond donors (Lipinski definition) is 1. The Labute approximate surface area is 152 Å². The Balaban J connectivity index is 2.33. The molecular formula is C15H16N3O7Te+. The Morgan fingerprint density at radius 2 is 1.58 bits per heavy atom. The number of nitro benzene ring substituents is 2. The van der Waals surface area contributed by atoms with Crippen molar-refractivity contribution in [1.82, 2.24) is 0 Å². The summed E-state index contributed by atoms with van der Waals surface area (Å²) in [6.45, 7) is 0. The first-order chi connectivity index (χ1) is 12.1. The summed E-state index contributed by atoms with van der Waals surface area (Å²) in [5.41, 5.74) is -1.34. The van der Waals surface area contributed by atoms with Gasteiger partial charge in [-0.2, -0.15) is 0 Å². The zero-order valence-corrected chi connectivity index (χ0v) is 16.2. The molecule has 0 bridgehead atoms. The Morgan fingerprint density at radius 1 is 1.00 bits per heavy atom. The summed E-state index contributed by atoms with van der Waals surface area (Å²) < 4.78 is 5.95. The van der Waals surface area contributed by atoms with Crippen LogP contribution in [0.25, 0.3) is 0 Å². The van der Waals surface area contributed by atoms with Crippen LogP contribution in [0.4, 0.5) is 17.1 Å². The van der Waals surface area contributed by atoms with Gasteiger partial charge in [0.25, 0.3) is 0 Å². The van der Waals surface area contributed by atoms with Crippen molar-refractivity contribution >= 4 is 35.7 Å². The van der Waals surface area contributed by atoms with Gasteiger partial charge >= 0.3 is 152 Å². The van der Waals surface area contributed by atoms with E-state index in [0.717, 1.165) is 11.6 Å². The molecule has 10 nitrogen and oxygen atoms in total. The third kappa shape index (κ3) is 4.65. The zero-order chi connectivity index (χ0) is 19.5. The number of non-ortho nitro benzene ring substituents is 1. The van der Waals surface area contributed by atoms with Crippen LogP contribution < -0.4 is 0 Å². The number of phenolic OH excluding ortho intramolecular Hbond substituents is 1. The topological polar surface area (TPSA) is 136 Å². The molecule has 2 aromatic rings. The summed E-state index contributed by atoms with van der Waals surface area (Å²) in [6, 6.07) is 10.6. The Hall–Kier alpha value is -2.77. The van der Waals surface area contributed by atoms with E-state index in [1.54, 1.807) is 9.94 Å². The van der Waals surface area contributed by atoms with E-state index < -0.39 is 51.2 Å². The van der Waals surface area contributed by atoms with E-state index in [2.05, 4.69) is 0 Å². The van der Waals surface area contributed by atoms with E-state index in [1.807, 2.05) is 30.3 Å². The minimum absolute atomic E-state index is 0.0562. The van der Waals surface area contributed by atoms with E-state index in [0.29, 0.717) is 10.5 Å². The van der Waals surface area contributed by atoms with Gasteiger partial charge in [0.05, 0.1) is 0 Å². The van der Waals surface area contributed by atoms with Crippen molar-refractivity contribution in [2.45, 2.75) is 14.4 Å². The van der Waals surface area contributed by atoms with Crippen LogP contribution in [0.3, 0.4) is 0 Å². The third-order valence-corrected chi connectivity index (χ3v) is 7.76. The summed E-state index contributed by atoms with van der Waals surface area (Å²) in [5.74, 6) is -0.978. The number of rotatable bonds is 7. The monoisotopic (exact) mass is 480 g/mol. The molecule has 11 heteroatoms. The molecule has 26 heavy (non-hydrogen) atoms. The van der Waals surface area contributed by atoms with Gasteiger partial charge in [0.2, 0.25) is 0 Å². The SMILES string of the molecule is C[Te](C)(Cc1ccccc1)O[N+](=O)c1cc([N+](=O)[O-])cc([N+](=O)[O-])c1O. The first-order valence-electron chi connectivity index (χ1n) is 7.18. The van der Waals surface area contributed by atoms with E-state index >= 15 is 0 Å². The van der Waals surface area contributed by atoms with Crippen LogP contribution in [0.1, 0.15) is 5.56 Å². The summed E-state index contributed by atoms with van der Waals surface area (Å²) in [6.07, 6.45) is 0. The molecule has 0 aliphatic carbocycles. The number of nitrogens with zero attached hydrogens (tertiary/aromatic N) is 3. The second kappa shape index (κ2) is 7.63. The van der Waals surface area contributed by atoms with Gasteiger partial charge in [-0.3, -0.25) is 0 Å². The molecule has 0 heterocycles. The molecule has 138 valence electrons. The molecule has 2 rings (SSSR count). The fraction of sp³-hybridized carbons (Fsp3) is 0.200. The molecule has 0 saturated heterocycles. The van der Waals surface area contributed by atoms with Crippen LogP contribution in [0.15, 0.2) is 42.5 Å². The van der Waals surface area contributed by atoms with Crippen LogP contribution in [0, 0.1) is 25.1 Å². The van der Waals surface area contributed by atoms with Crippen LogP contribution >= 0.6 is 0 Å². The average molecular weight is 478 g/mol. The van der Waals surface area contributed by atoms with E-state index in [9.17, 15) is 30.2 Å². The average Bonchev–Trinajstić information content (AvgIpc) is 2.54. The molecule has 0 spiro atoms. The summed E-state index contributed by atoms with van der Waals surface area (Å²) >= 11 is -3.23. The second-order valence-electron chi connectivity index (χ2n) is 5.75. The molecule has 0 saturated carbocycles. The van der Waals surface area contributed by atoms with Gasteiger partial charge in [-0.15, -0.1) is 0 Å². The summed E-state index contributed by atoms with van der Waals surface area (Å²) in [7, 11) is 0. The molecule has 0 aliphatic heterocycles. The Bertz CT molecular complexity index is 871. The number of nitro groups is 2. The van der Waals surface area contributed by atoms with Gasteiger partial charge in [-0.05, 0) is 0 Å². The molecule has 0 unspecified atom stereocenters. The molecule has 0 radical (unpaired) electrons. The maximum absolute atomic E-state index is 12.4. The van der Waals surface area contributed by atoms with Crippen molar-refractivity contribution in [1.29, 1.82) is 0 Å². The molecule has 2 aromatic carbocycles. The first kappa shape index (κ1) is 19.6. The molecular weight excluding hydrogens is 462 g/mol. The molecule has 1 N–H and O–H groups in total. The second-order valence-corrected chi connectivity index (χ2v) is 15.2. The van der Waals surface area contributed by atoms with Crippen molar-refractivity contribution in [3.63, 3.8) is 0 Å². The van der Waals surface area contributed by atoms with Gasteiger partial charge in [0, 0.05) is 0 Å². The standard InChI is InChI=1S/C15H15N3O7Te/c1-26(2,10-11-6-4-3-5-7-11)25-18(24)14-9-12(16(20)21)8-13(15(14)19)17(22)23/h3-9H,10H2,1-2H3/p+1. The predicted octanol–water partition coefficient (Wildman–Crippen LogP) is 3.54. The van der Waals surface area contributed by atoms with E-state index in [1.165, 1.54) is 0 Å². The van der Waals surface area contributed by atoms with Crippen molar-refractivity contribution in [3.8, 4) is 5.75 Å². The summed E-state index contributed by atoms with van der Waals surface area (Å²) in [5, 5.41) is 31.9. The van der Waals surface area contributed by atoms with Crippen molar-refractivity contribution in [2.75, 3.05) is 0 Å². The van der Waals surface area contributed by atoms with Crippen molar-refractivity contribution in [3.05, 3.63) is 73.2 Å². The fourth-order valence-electron chi connectivity index (χ4n) is 2.20. The molecule has 0 atom stereocenters. The Morgan fingerprint density at radius 3 is 2.12 bits per heavy atom. The first-order valence-corrected chi connectivity index (χ1v) is 14.4. The van der Waals surface area contributed by atoms with Gasteiger partial charge in [0.15, 0.2) is 0 Å². The maximum atomic E-state index is 12.4. The van der Waals surface area contributed by atoms with Crippen LogP contribution in [0.2, 0.25) is 9.94 Å². The van der Waals surface area contributed by atoms with Crippen molar-refractivity contribution < 1.29 is 23.1 Å². The van der Waals surface area contributed by atoms with Crippen LogP contribution in [0.5, 0.6) is 5.75 Å². The van der Waals surface area contributed by atoms with Crippen LogP contribution in [-0.4, -0.2) is 38.5 Å². The van der Waals surface area contributed by atoms with Gasteiger partial charge in [-0.25, -0.2) is 0 Å². The Kier molecular flexibility index (Phi) is 5.74. The van der Waals surface area contributed by atoms with Crippen molar-refractivity contribution in [2.24, 2.45) is 0 Å². The number of hydrogen-bond acceptors (Lipinski definition) is 7. The molecule has 0 aliphatic rings. The normalized spacial score (nSPS) is 11.6. The fourth-order valence-corrected chi connectivity index (χ4v) is 6.46. The third-order valence-electron chi connectivity index (χ3n) is 3.29. The molecule has 0 aromatic heterocycles. The molecule has 0 fully saturated rings. The predicted molar refractivity (Wildman–Crippen MR) is 93.4 cm³/mol. The summed E-state index contributed by atoms with van der Waals surface area (Å²) in [4.78, 5) is 35.9. The van der Waals surface area contributed by atoms with Gasteiger partial charge < -0.3 is 0 Å². The number of aromatic hydroxyl groups is 1. The van der Waals surface area contributed by atoms with E-state index in [-0.39, 0.29) is 4.92 Å². The zero-order valence-electron chi connectivity index (χ0n) is 13.9. The number of phenols is 1.